The summed E-state index contributed by atoms with van der Waals surface area (Å²) in [6, 6.07) is 9.79. The Bertz CT molecular complexity index is 1180. The number of pyridine rings is 1. The largest absolute Gasteiger partial charge is 0.377 e. The van der Waals surface area contributed by atoms with Gasteiger partial charge in [-0.15, -0.1) is 0 Å². The second-order valence-electron chi connectivity index (χ2n) is 6.32. The van der Waals surface area contributed by atoms with Gasteiger partial charge in [-0.3, -0.25) is 14.2 Å². The van der Waals surface area contributed by atoms with Crippen LogP contribution in [0, 0.1) is 6.92 Å². The van der Waals surface area contributed by atoms with E-state index in [0.29, 0.717) is 10.2 Å². The Hall–Kier alpha value is -2.93. The first kappa shape index (κ1) is 19.8. The molecule has 0 fully saturated rings. The van der Waals surface area contributed by atoms with Gasteiger partial charge in [0.2, 0.25) is 6.20 Å². The Balaban J connectivity index is 0.00000109. The van der Waals surface area contributed by atoms with E-state index in [9.17, 15) is 4.79 Å². The zero-order valence-corrected chi connectivity index (χ0v) is 17.9. The molecule has 0 aliphatic heterocycles. The highest BCUT2D eigenvalue weighted by Gasteiger charge is 2.24. The Morgan fingerprint density at radius 1 is 1.14 bits per heavy atom. The topological polar surface area (TPSA) is 51.2 Å². The molecule has 0 atom stereocenters. The molecule has 4 rings (SSSR count). The van der Waals surface area contributed by atoms with Crippen molar-refractivity contribution < 1.29 is 9.57 Å². The molecule has 28 heavy (non-hydrogen) atoms. The van der Waals surface area contributed by atoms with Crippen molar-refractivity contribution in [3.8, 4) is 5.69 Å². The third-order valence-corrected chi connectivity index (χ3v) is 5.54. The number of nitrogens with zero attached hydrogens (tertiary/aromatic N) is 4. The van der Waals surface area contributed by atoms with E-state index in [1.165, 1.54) is 11.3 Å². The molecule has 0 N–H and O–H groups in total. The van der Waals surface area contributed by atoms with Crippen LogP contribution in [0.2, 0.25) is 0 Å². The molecule has 0 aliphatic carbocycles. The summed E-state index contributed by atoms with van der Waals surface area (Å²) < 4.78 is 3.87. The van der Waals surface area contributed by atoms with E-state index in [0.717, 1.165) is 27.2 Å². The predicted molar refractivity (Wildman–Crippen MR) is 116 cm³/mol. The van der Waals surface area contributed by atoms with Gasteiger partial charge >= 0.3 is 4.83 Å². The molecule has 0 amide bonds. The number of anilines is 1. The average molecular weight is 398 g/mol. The van der Waals surface area contributed by atoms with Crippen molar-refractivity contribution in [3.63, 3.8) is 0 Å². The summed E-state index contributed by atoms with van der Waals surface area (Å²) in [5.41, 5.74) is 3.58. The molecule has 6 nitrogen and oxygen atoms in total. The van der Waals surface area contributed by atoms with E-state index in [1.54, 1.807) is 22.7 Å². The average Bonchev–Trinajstić information content (AvgIpc) is 3.10. The van der Waals surface area contributed by atoms with Gasteiger partial charge in [-0.1, -0.05) is 42.9 Å². The van der Waals surface area contributed by atoms with Gasteiger partial charge in [0.15, 0.2) is 0 Å². The molecule has 3 heterocycles. The second kappa shape index (κ2) is 7.98. The number of thiophene rings is 1. The first-order valence-corrected chi connectivity index (χ1v) is 10.0. The molecule has 0 spiro atoms. The normalized spacial score (nSPS) is 10.6. The fourth-order valence-electron chi connectivity index (χ4n) is 3.04. The highest BCUT2D eigenvalue weighted by Crippen LogP contribution is 2.34. The molecule has 0 aliphatic rings. The summed E-state index contributed by atoms with van der Waals surface area (Å²) in [6.07, 6.45) is 3.45. The van der Waals surface area contributed by atoms with Gasteiger partial charge < -0.3 is 4.90 Å². The van der Waals surface area contributed by atoms with Crippen LogP contribution in [0.4, 0.5) is 5.69 Å². The maximum Gasteiger partial charge on any atom is 0.324 e. The van der Waals surface area contributed by atoms with Crippen molar-refractivity contribution in [2.75, 3.05) is 26.1 Å². The van der Waals surface area contributed by atoms with Crippen LogP contribution in [0.25, 0.3) is 26.1 Å². The summed E-state index contributed by atoms with van der Waals surface area (Å²) in [4.78, 5) is 26.1. The Morgan fingerprint density at radius 2 is 1.82 bits per heavy atom. The summed E-state index contributed by atoms with van der Waals surface area (Å²) >= 11 is 1.40. The minimum absolute atomic E-state index is 0.0765. The van der Waals surface area contributed by atoms with Crippen molar-refractivity contribution in [1.29, 1.82) is 0 Å². The lowest BCUT2D eigenvalue weighted by molar-refractivity contribution is -0.863. The minimum atomic E-state index is -0.0765. The Kier molecular flexibility index (Phi) is 5.65. The number of aryl methyl sites for hydroxylation is 1. The van der Waals surface area contributed by atoms with Crippen LogP contribution in [0.5, 0.6) is 0 Å². The molecule has 1 aromatic carbocycles. The number of benzene rings is 1. The van der Waals surface area contributed by atoms with Crippen LogP contribution in [0.3, 0.4) is 0 Å². The quantitative estimate of drug-likeness (QED) is 0.498. The maximum atomic E-state index is 13.1. The molecule has 3 aromatic heterocycles. The fourth-order valence-corrected chi connectivity index (χ4v) is 4.20. The van der Waals surface area contributed by atoms with Gasteiger partial charge in [0.05, 0.1) is 11.4 Å². The molecule has 4 aromatic rings. The van der Waals surface area contributed by atoms with Crippen molar-refractivity contribution in [1.82, 2.24) is 9.55 Å². The van der Waals surface area contributed by atoms with Crippen LogP contribution in [0.15, 0.2) is 47.7 Å². The van der Waals surface area contributed by atoms with Crippen molar-refractivity contribution >= 4 is 37.5 Å². The van der Waals surface area contributed by atoms with Gasteiger partial charge in [0, 0.05) is 24.9 Å². The van der Waals surface area contributed by atoms with Crippen LogP contribution in [-0.2, 0) is 0 Å². The molecule has 0 radical (unpaired) electrons. The number of aromatic nitrogens is 3. The van der Waals surface area contributed by atoms with Crippen LogP contribution < -0.4 is 20.0 Å². The summed E-state index contributed by atoms with van der Waals surface area (Å²) in [5, 5.41) is 0.924. The molecule has 7 heteroatoms. The van der Waals surface area contributed by atoms with Crippen molar-refractivity contribution in [2.24, 2.45) is 0 Å². The number of hydrogen-bond donors (Lipinski definition) is 0. The highest BCUT2D eigenvalue weighted by molar-refractivity contribution is 7.25. The Labute approximate surface area is 168 Å². The first-order chi connectivity index (χ1) is 13.5. The number of fused-ring (bicyclic) bond motifs is 3. The van der Waals surface area contributed by atoms with Crippen molar-refractivity contribution in [2.45, 2.75) is 20.8 Å². The van der Waals surface area contributed by atoms with Gasteiger partial charge in [-0.25, -0.2) is 4.98 Å². The number of rotatable bonds is 3. The van der Waals surface area contributed by atoms with Crippen molar-refractivity contribution in [3.05, 3.63) is 58.8 Å². The fraction of sp³-hybridized carbons (Fsp3) is 0.286. The zero-order chi connectivity index (χ0) is 20.4. The smallest absolute Gasteiger partial charge is 0.324 e. The molecule has 0 saturated carbocycles. The molecular formula is C21H25N4O2S+. The van der Waals surface area contributed by atoms with Gasteiger partial charge in [0.25, 0.3) is 5.56 Å². The summed E-state index contributed by atoms with van der Waals surface area (Å²) in [5.74, 6) is 0. The lowest BCUT2D eigenvalue weighted by Gasteiger charge is -2.12. The molecular weight excluding hydrogens is 372 g/mol. The van der Waals surface area contributed by atoms with E-state index in [2.05, 4.69) is 4.98 Å². The van der Waals surface area contributed by atoms with Gasteiger partial charge in [-0.2, -0.15) is 0 Å². The lowest BCUT2D eigenvalue weighted by atomic mass is 10.2. The molecule has 0 saturated heterocycles. The van der Waals surface area contributed by atoms with E-state index in [1.807, 2.05) is 76.3 Å². The van der Waals surface area contributed by atoms with E-state index < -0.39 is 0 Å². The zero-order valence-electron chi connectivity index (χ0n) is 17.1. The van der Waals surface area contributed by atoms with Crippen LogP contribution in [-0.4, -0.2) is 30.8 Å². The highest BCUT2D eigenvalue weighted by atomic mass is 32.1. The monoisotopic (exact) mass is 397 g/mol. The summed E-state index contributed by atoms with van der Waals surface area (Å²) in [7, 11) is 5.56. The lowest BCUT2D eigenvalue weighted by Crippen LogP contribution is -2.40. The SMILES string of the molecule is CC.CO[n+]1ccc(N(C)C)c2c3ncn(-c4ccc(C)cc4)c(=O)c3sc21. The Morgan fingerprint density at radius 3 is 2.43 bits per heavy atom. The van der Waals surface area contributed by atoms with Gasteiger partial charge in [-0.05, 0) is 19.1 Å². The van der Waals surface area contributed by atoms with Crippen LogP contribution >= 0.6 is 11.3 Å². The standard InChI is InChI=1S/C19H19N4O2S.C2H6/c1-12-5-7-13(8-6-12)22-11-20-16-15-14(21(2)3)9-10-23(25-4)19(15)26-17(16)18(22)24;1-2/h5-11H,1-4H3;1-2H3/q+1;. The minimum Gasteiger partial charge on any atom is -0.377 e. The van der Waals surface area contributed by atoms with Crippen LogP contribution in [0.1, 0.15) is 19.4 Å². The van der Waals surface area contributed by atoms with E-state index in [-0.39, 0.29) is 5.56 Å². The molecule has 146 valence electrons. The summed E-state index contributed by atoms with van der Waals surface area (Å²) in [6.45, 7) is 6.02. The second-order valence-corrected chi connectivity index (χ2v) is 7.32. The predicted octanol–water partition coefficient (Wildman–Crippen LogP) is 3.35. The van der Waals surface area contributed by atoms with E-state index in [4.69, 9.17) is 4.84 Å². The molecule has 0 bridgehead atoms. The third kappa shape index (κ3) is 3.22. The number of hydrogen-bond acceptors (Lipinski definition) is 5. The third-order valence-electron chi connectivity index (χ3n) is 4.39. The van der Waals surface area contributed by atoms with Gasteiger partial charge in [0.1, 0.15) is 29.0 Å². The molecule has 0 unspecified atom stereocenters. The maximum absolute atomic E-state index is 13.1. The first-order valence-electron chi connectivity index (χ1n) is 9.18. The van der Waals surface area contributed by atoms with E-state index >= 15 is 0 Å².